The van der Waals surface area contributed by atoms with Gasteiger partial charge in [0.25, 0.3) is 0 Å². The fourth-order valence-corrected chi connectivity index (χ4v) is 3.25. The lowest BCUT2D eigenvalue weighted by molar-refractivity contribution is -0.127. The maximum atomic E-state index is 12.7. The van der Waals surface area contributed by atoms with Crippen molar-refractivity contribution in [3.8, 4) is 0 Å². The predicted octanol–water partition coefficient (Wildman–Crippen LogP) is 3.01. The van der Waals surface area contributed by atoms with Crippen LogP contribution in [0.5, 0.6) is 0 Å². The molecule has 1 aliphatic rings. The van der Waals surface area contributed by atoms with Crippen molar-refractivity contribution in [2.75, 3.05) is 18.1 Å². The maximum absolute atomic E-state index is 12.7. The van der Waals surface area contributed by atoms with E-state index in [1.165, 1.54) is 0 Å². The van der Waals surface area contributed by atoms with Crippen LogP contribution in [0.2, 0.25) is 0 Å². The summed E-state index contributed by atoms with van der Waals surface area (Å²) >= 11 is 1.67. The van der Waals surface area contributed by atoms with Crippen LogP contribution >= 0.6 is 11.8 Å². The van der Waals surface area contributed by atoms with Crippen LogP contribution in [-0.4, -0.2) is 36.4 Å². The lowest BCUT2D eigenvalue weighted by atomic mass is 9.82. The van der Waals surface area contributed by atoms with Gasteiger partial charge in [-0.1, -0.05) is 13.8 Å². The van der Waals surface area contributed by atoms with Gasteiger partial charge in [-0.2, -0.15) is 20.5 Å². The van der Waals surface area contributed by atoms with Crippen LogP contribution in [0.15, 0.2) is 0 Å². The van der Waals surface area contributed by atoms with Crippen molar-refractivity contribution in [3.63, 3.8) is 0 Å². The summed E-state index contributed by atoms with van der Waals surface area (Å²) in [5.74, 6) is -2.24. The Balaban J connectivity index is 2.48. The van der Waals surface area contributed by atoms with Crippen LogP contribution in [0.4, 0.5) is 17.6 Å². The molecule has 16 heavy (non-hydrogen) atoms. The number of thioether (sulfide) groups is 1. The lowest BCUT2D eigenvalue weighted by Crippen LogP contribution is -2.51. The molecule has 6 heteroatoms. The molecule has 0 aromatic rings. The summed E-state index contributed by atoms with van der Waals surface area (Å²) in [6.07, 6.45) is -2.69. The van der Waals surface area contributed by atoms with Crippen LogP contribution in [-0.2, 0) is 0 Å². The van der Waals surface area contributed by atoms with E-state index in [-0.39, 0.29) is 11.5 Å². The van der Waals surface area contributed by atoms with E-state index in [1.54, 1.807) is 11.8 Å². The Morgan fingerprint density at radius 1 is 1.44 bits per heavy atom. The molecule has 1 aliphatic heterocycles. The van der Waals surface area contributed by atoms with E-state index in [4.69, 9.17) is 0 Å². The van der Waals surface area contributed by atoms with Gasteiger partial charge < -0.3 is 5.32 Å². The number of alkyl halides is 4. The first-order valence-corrected chi connectivity index (χ1v) is 6.38. The Morgan fingerprint density at radius 2 is 2.06 bits per heavy atom. The van der Waals surface area contributed by atoms with E-state index >= 15 is 0 Å². The van der Waals surface area contributed by atoms with Crippen LogP contribution in [0, 0.1) is 5.41 Å². The molecule has 96 valence electrons. The van der Waals surface area contributed by atoms with Crippen molar-refractivity contribution >= 4 is 11.8 Å². The number of hydrogen-bond acceptors (Lipinski definition) is 2. The molecule has 1 N–H and O–H groups in total. The van der Waals surface area contributed by atoms with Crippen molar-refractivity contribution in [2.24, 2.45) is 5.41 Å². The molecule has 1 rings (SSSR count). The van der Waals surface area contributed by atoms with Crippen molar-refractivity contribution in [2.45, 2.75) is 38.7 Å². The summed E-state index contributed by atoms with van der Waals surface area (Å²) in [4.78, 5) is 0. The number of nitrogens with one attached hydrogen (secondary N) is 1. The normalized spacial score (nSPS) is 26.1. The van der Waals surface area contributed by atoms with E-state index < -0.39 is 18.9 Å². The second-order valence-corrected chi connectivity index (χ2v) is 5.96. The Kier molecular flexibility index (Phi) is 4.51. The standard InChI is InChI=1S/C10H17F4NS/c1-9(2)3-4-16-5-7(9)15-6-10(13,14)8(11)12/h7-8,15H,3-6H2,1-2H3. The minimum Gasteiger partial charge on any atom is -0.307 e. The first-order chi connectivity index (χ1) is 7.26. The van der Waals surface area contributed by atoms with Crippen LogP contribution < -0.4 is 5.32 Å². The summed E-state index contributed by atoms with van der Waals surface area (Å²) in [5, 5.41) is 2.58. The zero-order valence-electron chi connectivity index (χ0n) is 9.40. The van der Waals surface area contributed by atoms with Crippen molar-refractivity contribution < 1.29 is 17.6 Å². The highest BCUT2D eigenvalue weighted by Gasteiger charge is 2.42. The predicted molar refractivity (Wildman–Crippen MR) is 58.5 cm³/mol. The first kappa shape index (κ1) is 14.1. The molecule has 0 aromatic heterocycles. The van der Waals surface area contributed by atoms with E-state index in [1.807, 2.05) is 13.8 Å². The third kappa shape index (κ3) is 3.52. The molecular formula is C10H17F4NS. The van der Waals surface area contributed by atoms with Crippen LogP contribution in [0.25, 0.3) is 0 Å². The molecule has 0 radical (unpaired) electrons. The second kappa shape index (κ2) is 5.12. The summed E-state index contributed by atoms with van der Waals surface area (Å²) in [5.41, 5.74) is -0.108. The second-order valence-electron chi connectivity index (χ2n) is 4.81. The van der Waals surface area contributed by atoms with Gasteiger partial charge in [0.05, 0.1) is 6.54 Å². The average molecular weight is 259 g/mol. The van der Waals surface area contributed by atoms with Crippen molar-refractivity contribution in [3.05, 3.63) is 0 Å². The molecule has 1 unspecified atom stereocenters. The largest absolute Gasteiger partial charge is 0.319 e. The number of hydrogen-bond donors (Lipinski definition) is 1. The number of halogens is 4. The monoisotopic (exact) mass is 259 g/mol. The van der Waals surface area contributed by atoms with E-state index in [9.17, 15) is 17.6 Å². The van der Waals surface area contributed by atoms with Gasteiger partial charge in [-0.25, -0.2) is 8.78 Å². The van der Waals surface area contributed by atoms with E-state index in [0.29, 0.717) is 5.75 Å². The molecule has 0 aromatic carbocycles. The molecule has 0 spiro atoms. The third-order valence-corrected chi connectivity index (χ3v) is 4.08. The topological polar surface area (TPSA) is 12.0 Å². The lowest BCUT2D eigenvalue weighted by Gasteiger charge is -2.39. The SMILES string of the molecule is CC1(C)CCSCC1NCC(F)(F)C(F)F. The highest BCUT2D eigenvalue weighted by molar-refractivity contribution is 7.99. The molecule has 1 heterocycles. The van der Waals surface area contributed by atoms with E-state index in [2.05, 4.69) is 5.32 Å². The first-order valence-electron chi connectivity index (χ1n) is 5.23. The maximum Gasteiger partial charge on any atom is 0.319 e. The fraction of sp³-hybridized carbons (Fsp3) is 1.00. The Bertz CT molecular complexity index is 233. The molecule has 0 bridgehead atoms. The number of rotatable bonds is 4. The quantitative estimate of drug-likeness (QED) is 0.779. The summed E-state index contributed by atoms with van der Waals surface area (Å²) < 4.78 is 49.4. The molecule has 0 amide bonds. The van der Waals surface area contributed by atoms with Crippen molar-refractivity contribution in [1.29, 1.82) is 0 Å². The van der Waals surface area contributed by atoms with Gasteiger partial charge in [-0.15, -0.1) is 0 Å². The molecule has 1 fully saturated rings. The molecule has 0 saturated carbocycles. The van der Waals surface area contributed by atoms with Gasteiger partial charge in [0.1, 0.15) is 0 Å². The molecule has 0 aliphatic carbocycles. The summed E-state index contributed by atoms with van der Waals surface area (Å²) in [6, 6.07) is -0.129. The molecule has 1 nitrogen and oxygen atoms in total. The third-order valence-electron chi connectivity index (χ3n) is 3.02. The minimum absolute atomic E-state index is 0.108. The Morgan fingerprint density at radius 3 is 2.56 bits per heavy atom. The average Bonchev–Trinajstić information content (AvgIpc) is 2.15. The highest BCUT2D eigenvalue weighted by Crippen LogP contribution is 2.34. The Labute approximate surface area is 97.4 Å². The zero-order chi connectivity index (χ0) is 12.4. The summed E-state index contributed by atoms with van der Waals surface area (Å²) in [7, 11) is 0. The fourth-order valence-electron chi connectivity index (χ4n) is 1.61. The highest BCUT2D eigenvalue weighted by atomic mass is 32.2. The van der Waals surface area contributed by atoms with Gasteiger partial charge in [-0.05, 0) is 17.6 Å². The van der Waals surface area contributed by atoms with Gasteiger partial charge in [0.2, 0.25) is 0 Å². The van der Waals surface area contributed by atoms with E-state index in [0.717, 1.165) is 12.2 Å². The van der Waals surface area contributed by atoms with Gasteiger partial charge >= 0.3 is 12.3 Å². The molecule has 1 saturated heterocycles. The van der Waals surface area contributed by atoms with Crippen molar-refractivity contribution in [1.82, 2.24) is 5.32 Å². The van der Waals surface area contributed by atoms with Gasteiger partial charge in [0, 0.05) is 11.8 Å². The molecular weight excluding hydrogens is 242 g/mol. The van der Waals surface area contributed by atoms with Crippen LogP contribution in [0.1, 0.15) is 20.3 Å². The minimum atomic E-state index is -3.93. The smallest absolute Gasteiger partial charge is 0.307 e. The van der Waals surface area contributed by atoms with Crippen LogP contribution in [0.3, 0.4) is 0 Å². The van der Waals surface area contributed by atoms with Gasteiger partial charge in [0.15, 0.2) is 0 Å². The van der Waals surface area contributed by atoms with Gasteiger partial charge in [-0.3, -0.25) is 0 Å². The Hall–Kier alpha value is 0.0300. The summed E-state index contributed by atoms with van der Waals surface area (Å²) in [6.45, 7) is 3.01. The zero-order valence-corrected chi connectivity index (χ0v) is 10.2. The molecule has 1 atom stereocenters.